The van der Waals surface area contributed by atoms with Crippen LogP contribution in [0.3, 0.4) is 0 Å². The largest absolute Gasteiger partial charge is 0.309 e. The number of rotatable bonds is 8. The third kappa shape index (κ3) is 9.87. The van der Waals surface area contributed by atoms with E-state index in [1.165, 1.54) is 208 Å². The van der Waals surface area contributed by atoms with Crippen molar-refractivity contribution in [2.24, 2.45) is 0 Å². The third-order valence-electron chi connectivity index (χ3n) is 25.2. The van der Waals surface area contributed by atoms with Crippen molar-refractivity contribution in [2.45, 2.75) is 0 Å². The van der Waals surface area contributed by atoms with Crippen molar-refractivity contribution < 1.29 is 0 Å². The molecule has 0 radical (unpaired) electrons. The molecule has 6 aromatic heterocycles. The van der Waals surface area contributed by atoms with Gasteiger partial charge in [0, 0.05) is 98.2 Å². The Hall–Kier alpha value is -15.8. The number of fused-ring (bicyclic) bond motifs is 24. The summed E-state index contributed by atoms with van der Waals surface area (Å²) in [7, 11) is 0. The van der Waals surface area contributed by atoms with Crippen LogP contribution in [0.2, 0.25) is 0 Å². The zero-order chi connectivity index (χ0) is 77.2. The number of aromatic nitrogens is 6. The van der Waals surface area contributed by atoms with Crippen molar-refractivity contribution in [3.63, 3.8) is 0 Å². The molecule has 26 aromatic rings. The molecule has 0 bridgehead atoms. The van der Waals surface area contributed by atoms with Crippen LogP contribution in [0.5, 0.6) is 0 Å². The van der Waals surface area contributed by atoms with Gasteiger partial charge in [0.15, 0.2) is 0 Å². The molecule has 0 aliphatic heterocycles. The van der Waals surface area contributed by atoms with E-state index in [-0.39, 0.29) is 0 Å². The van der Waals surface area contributed by atoms with E-state index in [2.05, 4.69) is 452 Å². The summed E-state index contributed by atoms with van der Waals surface area (Å²) in [6.45, 7) is 0. The summed E-state index contributed by atoms with van der Waals surface area (Å²) in [4.78, 5) is 0. The van der Waals surface area contributed by atoms with Gasteiger partial charge >= 0.3 is 0 Å². The Labute approximate surface area is 677 Å². The minimum atomic E-state index is 1.15. The fourth-order valence-electron chi connectivity index (χ4n) is 20.0. The second kappa shape index (κ2) is 25.9. The third-order valence-corrected chi connectivity index (χ3v) is 25.2. The summed E-state index contributed by atoms with van der Waals surface area (Å²) in [5.74, 6) is 0. The van der Waals surface area contributed by atoms with Crippen LogP contribution in [-0.2, 0) is 0 Å². The number of benzene rings is 20. The fourth-order valence-corrected chi connectivity index (χ4v) is 20.0. The van der Waals surface area contributed by atoms with Crippen LogP contribution >= 0.6 is 0 Å². The molecule has 0 aliphatic carbocycles. The van der Waals surface area contributed by atoms with Crippen molar-refractivity contribution >= 4 is 174 Å². The van der Waals surface area contributed by atoms with Crippen molar-refractivity contribution in [1.82, 2.24) is 27.4 Å². The maximum Gasteiger partial charge on any atom is 0.0788 e. The van der Waals surface area contributed by atoms with E-state index in [1.54, 1.807) is 0 Å². The molecule has 0 aliphatic rings. The molecular formula is C112H70N6. The molecule has 0 spiro atoms. The minimum Gasteiger partial charge on any atom is -0.309 e. The topological polar surface area (TPSA) is 29.6 Å². The van der Waals surface area contributed by atoms with Gasteiger partial charge in [-0.3, -0.25) is 0 Å². The average molecular weight is 1500 g/mol. The Morgan fingerprint density at radius 3 is 0.898 bits per heavy atom. The molecule has 0 saturated carbocycles. The van der Waals surface area contributed by atoms with E-state index in [0.717, 1.165) is 22.7 Å². The highest BCUT2D eigenvalue weighted by Gasteiger charge is 2.26. The van der Waals surface area contributed by atoms with Crippen molar-refractivity contribution in [1.29, 1.82) is 0 Å². The monoisotopic (exact) mass is 1500 g/mol. The van der Waals surface area contributed by atoms with Crippen LogP contribution in [0.25, 0.3) is 230 Å². The van der Waals surface area contributed by atoms with E-state index in [9.17, 15) is 0 Å². The summed E-state index contributed by atoms with van der Waals surface area (Å²) in [6, 6.07) is 156. The maximum atomic E-state index is 2.51. The van der Waals surface area contributed by atoms with Gasteiger partial charge in [0.05, 0.1) is 77.6 Å². The summed E-state index contributed by atoms with van der Waals surface area (Å²) in [6.07, 6.45) is 0. The van der Waals surface area contributed by atoms with Crippen LogP contribution in [0, 0.1) is 0 Å². The minimum absolute atomic E-state index is 1.15. The molecule has 6 nitrogen and oxygen atoms in total. The lowest BCUT2D eigenvalue weighted by Crippen LogP contribution is -1.98. The quantitative estimate of drug-likeness (QED) is 0.145. The molecule has 0 fully saturated rings. The van der Waals surface area contributed by atoms with E-state index < -0.39 is 0 Å². The molecule has 118 heavy (non-hydrogen) atoms. The highest BCUT2D eigenvalue weighted by Crippen LogP contribution is 2.48. The lowest BCUT2D eigenvalue weighted by molar-refractivity contribution is 1.15. The van der Waals surface area contributed by atoms with Crippen molar-refractivity contribution in [3.05, 3.63) is 425 Å². The molecule has 548 valence electrons. The van der Waals surface area contributed by atoms with Crippen LogP contribution in [0.4, 0.5) is 0 Å². The normalized spacial score (nSPS) is 12.1. The first-order valence-electron chi connectivity index (χ1n) is 40.7. The summed E-state index contributed by atoms with van der Waals surface area (Å²) >= 11 is 0. The molecule has 6 heteroatoms. The predicted octanol–water partition coefficient (Wildman–Crippen LogP) is 29.9. The van der Waals surface area contributed by atoms with Crippen molar-refractivity contribution in [3.8, 4) is 56.4 Å². The van der Waals surface area contributed by atoms with Gasteiger partial charge in [-0.2, -0.15) is 0 Å². The van der Waals surface area contributed by atoms with Gasteiger partial charge in [0.1, 0.15) is 0 Å². The Bertz CT molecular complexity index is 8680. The van der Waals surface area contributed by atoms with E-state index in [1.807, 2.05) is 0 Å². The second-order valence-corrected chi connectivity index (χ2v) is 31.5. The first kappa shape index (κ1) is 65.8. The number of hydrogen-bond acceptors (Lipinski definition) is 0. The standard InChI is InChI=1S/2C56H35N3/c1-2-17-41(18-3-1)57-51-22-10-8-20-44(51)46-29-30-47-49-35-40(26-31-53(49)58(56(47)55(46)57)42-28-25-36-13-4-5-15-38(36)33-42)39-27-32-54-48(34-39)45-21-9-11-23-52(45)59(54)50-24-12-16-37-14-6-7-19-43(37)50;1-2-17-41(18-3-1)57-51-23-11-9-21-46(51)55-54(57)32-29-45-48-35-40(26-30-52(48)58(56(45)55)42-28-25-36-13-4-5-15-38(36)33-42)39-27-31-53-47(34-39)44-20-8-10-22-50(44)59(53)49-24-12-16-37-14-6-7-19-43(37)49/h2*1-35H. The molecule has 20 aromatic carbocycles. The number of para-hydroxylation sites is 6. The zero-order valence-electron chi connectivity index (χ0n) is 64.1. The van der Waals surface area contributed by atoms with Gasteiger partial charge in [-0.1, -0.05) is 285 Å². The molecule has 0 saturated heterocycles. The van der Waals surface area contributed by atoms with Gasteiger partial charge in [0.25, 0.3) is 0 Å². The molecule has 0 atom stereocenters. The average Bonchev–Trinajstić information content (AvgIpc) is 1.54. The van der Waals surface area contributed by atoms with Gasteiger partial charge in [-0.05, 0) is 194 Å². The van der Waals surface area contributed by atoms with Crippen LogP contribution in [-0.4, -0.2) is 27.4 Å². The highest BCUT2D eigenvalue weighted by molar-refractivity contribution is 6.28. The van der Waals surface area contributed by atoms with E-state index in [0.29, 0.717) is 0 Å². The predicted molar refractivity (Wildman–Crippen MR) is 500 cm³/mol. The van der Waals surface area contributed by atoms with Gasteiger partial charge in [-0.15, -0.1) is 0 Å². The first-order valence-corrected chi connectivity index (χ1v) is 40.7. The molecule has 0 N–H and O–H groups in total. The lowest BCUT2D eigenvalue weighted by Gasteiger charge is -2.13. The first-order chi connectivity index (χ1) is 58.6. The SMILES string of the molecule is c1ccc(-n2c3ccccc3c3c2ccc2c4cc(-c5ccc6c(c5)c5ccccc5n6-c5cccc6ccccc56)ccc4n(-c4ccc5ccccc5c4)c23)cc1.c1ccc(-n2c3ccccc3c3ccc4c5cc(-c6ccc7c(c6)c6ccccc6n7-c6cccc7ccccc67)ccc5n(-c5ccc6ccccc6c5)c4c32)cc1. The molecule has 6 heterocycles. The maximum absolute atomic E-state index is 2.51. The molecule has 0 unspecified atom stereocenters. The van der Waals surface area contributed by atoms with E-state index >= 15 is 0 Å². The van der Waals surface area contributed by atoms with Gasteiger partial charge in [-0.25, -0.2) is 0 Å². The Balaban J connectivity index is 0.000000131. The molecule has 26 rings (SSSR count). The smallest absolute Gasteiger partial charge is 0.0788 e. The molecular weight excluding hydrogens is 1430 g/mol. The Morgan fingerprint density at radius 1 is 0.127 bits per heavy atom. The van der Waals surface area contributed by atoms with Gasteiger partial charge < -0.3 is 27.4 Å². The lowest BCUT2D eigenvalue weighted by atomic mass is 10.00. The Kier molecular flexibility index (Phi) is 14.4. The number of nitrogens with zero attached hydrogens (tertiary/aromatic N) is 6. The highest BCUT2D eigenvalue weighted by atomic mass is 15.1. The van der Waals surface area contributed by atoms with E-state index in [4.69, 9.17) is 0 Å². The fraction of sp³-hybridized carbons (Fsp3) is 0. The Morgan fingerprint density at radius 2 is 0.424 bits per heavy atom. The van der Waals surface area contributed by atoms with Gasteiger partial charge in [0.2, 0.25) is 0 Å². The van der Waals surface area contributed by atoms with Crippen LogP contribution in [0.1, 0.15) is 0 Å². The summed E-state index contributed by atoms with van der Waals surface area (Å²) in [5, 5.41) is 24.9. The second-order valence-electron chi connectivity index (χ2n) is 31.5. The zero-order valence-corrected chi connectivity index (χ0v) is 64.1. The summed E-state index contributed by atoms with van der Waals surface area (Å²) < 4.78 is 14.8. The molecule has 0 amide bonds. The number of hydrogen-bond donors (Lipinski definition) is 0. The van der Waals surface area contributed by atoms with Crippen LogP contribution < -0.4 is 0 Å². The van der Waals surface area contributed by atoms with Crippen LogP contribution in [0.15, 0.2) is 425 Å². The van der Waals surface area contributed by atoms with Crippen molar-refractivity contribution in [2.75, 3.05) is 0 Å². The summed E-state index contributed by atoms with van der Waals surface area (Å²) in [5.41, 5.74) is 26.3.